The SMILES string of the molecule is CC(C)CC(NC(=O)c1ccc(Br)o1)C(=O)N([C@H]1CCCNCC1=O)S(=O)(=O)c1ccccn1. The molecule has 184 valence electrons. The molecule has 3 heterocycles. The highest BCUT2D eigenvalue weighted by Crippen LogP contribution is 2.24. The van der Waals surface area contributed by atoms with Crippen molar-refractivity contribution in [3.63, 3.8) is 0 Å². The zero-order chi connectivity index (χ0) is 24.9. The second-order valence-electron chi connectivity index (χ2n) is 8.37. The van der Waals surface area contributed by atoms with Crippen LogP contribution in [0.1, 0.15) is 43.7 Å². The summed E-state index contributed by atoms with van der Waals surface area (Å²) in [6, 6.07) is 4.85. The van der Waals surface area contributed by atoms with Gasteiger partial charge in [-0.3, -0.25) is 14.4 Å². The van der Waals surface area contributed by atoms with Crippen LogP contribution in [0.5, 0.6) is 0 Å². The predicted octanol–water partition coefficient (Wildman–Crippen LogP) is 2.12. The van der Waals surface area contributed by atoms with Gasteiger partial charge < -0.3 is 15.1 Å². The van der Waals surface area contributed by atoms with Gasteiger partial charge in [-0.1, -0.05) is 19.9 Å². The van der Waals surface area contributed by atoms with Crippen LogP contribution in [-0.4, -0.2) is 60.5 Å². The Bertz CT molecular complexity index is 1140. The molecule has 2 N–H and O–H groups in total. The van der Waals surface area contributed by atoms with Crippen molar-refractivity contribution >= 4 is 43.6 Å². The first kappa shape index (κ1) is 26.0. The van der Waals surface area contributed by atoms with E-state index in [-0.39, 0.29) is 36.1 Å². The maximum atomic E-state index is 13.8. The van der Waals surface area contributed by atoms with Crippen molar-refractivity contribution in [2.24, 2.45) is 5.92 Å². The van der Waals surface area contributed by atoms with Gasteiger partial charge in [0.2, 0.25) is 0 Å². The lowest BCUT2D eigenvalue weighted by Gasteiger charge is -2.32. The van der Waals surface area contributed by atoms with E-state index in [2.05, 4.69) is 31.5 Å². The van der Waals surface area contributed by atoms with Crippen LogP contribution in [0.15, 0.2) is 50.6 Å². The molecule has 0 spiro atoms. The van der Waals surface area contributed by atoms with Crippen LogP contribution < -0.4 is 10.6 Å². The summed E-state index contributed by atoms with van der Waals surface area (Å²) in [5.74, 6) is -2.09. The van der Waals surface area contributed by atoms with Gasteiger partial charge in [0.1, 0.15) is 12.1 Å². The number of ketones is 1. The number of carbonyl (C=O) groups is 3. The summed E-state index contributed by atoms with van der Waals surface area (Å²) in [4.78, 5) is 43.4. The number of hydrogen-bond donors (Lipinski definition) is 2. The molecule has 0 radical (unpaired) electrons. The molecular weight excluding hydrogens is 528 g/mol. The first-order chi connectivity index (χ1) is 16.1. The van der Waals surface area contributed by atoms with Gasteiger partial charge >= 0.3 is 0 Å². The van der Waals surface area contributed by atoms with Gasteiger partial charge in [0, 0.05) is 6.20 Å². The predicted molar refractivity (Wildman–Crippen MR) is 126 cm³/mol. The lowest BCUT2D eigenvalue weighted by atomic mass is 10.0. The van der Waals surface area contributed by atoms with Gasteiger partial charge in [0.15, 0.2) is 21.2 Å². The summed E-state index contributed by atoms with van der Waals surface area (Å²) in [6.45, 7) is 4.14. The average molecular weight is 555 g/mol. The monoisotopic (exact) mass is 554 g/mol. The van der Waals surface area contributed by atoms with Crippen molar-refractivity contribution in [1.82, 2.24) is 19.9 Å². The van der Waals surface area contributed by atoms with E-state index in [9.17, 15) is 22.8 Å². The highest BCUT2D eigenvalue weighted by molar-refractivity contribution is 9.10. The fraction of sp³-hybridized carbons (Fsp3) is 0.455. The topological polar surface area (TPSA) is 139 Å². The summed E-state index contributed by atoms with van der Waals surface area (Å²) in [5.41, 5.74) is 0. The van der Waals surface area contributed by atoms with Gasteiger partial charge in [-0.25, -0.2) is 9.29 Å². The number of hydrogen-bond acceptors (Lipinski definition) is 8. The quantitative estimate of drug-likeness (QED) is 0.505. The van der Waals surface area contributed by atoms with Crippen molar-refractivity contribution in [2.45, 2.75) is 50.2 Å². The Balaban J connectivity index is 2.03. The number of carbonyl (C=O) groups excluding carboxylic acids is 3. The lowest BCUT2D eigenvalue weighted by molar-refractivity contribution is -0.135. The molecule has 1 unspecified atom stereocenters. The van der Waals surface area contributed by atoms with Crippen LogP contribution >= 0.6 is 15.9 Å². The Morgan fingerprint density at radius 1 is 1.29 bits per heavy atom. The minimum absolute atomic E-state index is 0.0395. The minimum atomic E-state index is -4.48. The highest BCUT2D eigenvalue weighted by Gasteiger charge is 2.43. The van der Waals surface area contributed by atoms with Crippen molar-refractivity contribution < 1.29 is 27.2 Å². The number of halogens is 1. The molecule has 2 aromatic heterocycles. The third kappa shape index (κ3) is 6.10. The van der Waals surface area contributed by atoms with Crippen LogP contribution in [0, 0.1) is 5.92 Å². The highest BCUT2D eigenvalue weighted by atomic mass is 79.9. The summed E-state index contributed by atoms with van der Waals surface area (Å²) in [6.07, 6.45) is 2.12. The molecule has 2 atom stereocenters. The molecule has 0 bridgehead atoms. The number of rotatable bonds is 8. The number of aromatic nitrogens is 1. The van der Waals surface area contributed by atoms with Crippen LogP contribution in [-0.2, 0) is 19.6 Å². The Hall–Kier alpha value is -2.57. The molecular formula is C22H27BrN4O6S. The van der Waals surface area contributed by atoms with Gasteiger partial charge in [-0.2, -0.15) is 8.42 Å². The summed E-state index contributed by atoms with van der Waals surface area (Å²) >= 11 is 3.13. The number of pyridine rings is 1. The zero-order valence-electron chi connectivity index (χ0n) is 18.9. The van der Waals surface area contributed by atoms with E-state index in [0.29, 0.717) is 21.9 Å². The molecule has 12 heteroatoms. The molecule has 2 amide bonds. The van der Waals surface area contributed by atoms with Crippen LogP contribution in [0.4, 0.5) is 0 Å². The van der Waals surface area contributed by atoms with Gasteiger partial charge in [0.05, 0.1) is 6.54 Å². The molecule has 10 nitrogen and oxygen atoms in total. The van der Waals surface area contributed by atoms with Crippen LogP contribution in [0.3, 0.4) is 0 Å². The second kappa shape index (κ2) is 11.2. The Morgan fingerprint density at radius 2 is 2.06 bits per heavy atom. The number of sulfonamides is 1. The second-order valence-corrected chi connectivity index (χ2v) is 10.9. The van der Waals surface area contributed by atoms with Crippen molar-refractivity contribution in [3.8, 4) is 0 Å². The minimum Gasteiger partial charge on any atom is -0.444 e. The maximum Gasteiger partial charge on any atom is 0.287 e. The third-order valence-electron chi connectivity index (χ3n) is 5.27. The van der Waals surface area contributed by atoms with Gasteiger partial charge in [0.25, 0.3) is 21.8 Å². The number of furan rings is 1. The Morgan fingerprint density at radius 3 is 2.68 bits per heavy atom. The molecule has 1 aliphatic heterocycles. The number of amides is 2. The molecule has 0 saturated carbocycles. The lowest BCUT2D eigenvalue weighted by Crippen LogP contribution is -2.56. The molecule has 0 aliphatic carbocycles. The first-order valence-corrected chi connectivity index (χ1v) is 13.1. The molecule has 34 heavy (non-hydrogen) atoms. The van der Waals surface area contributed by atoms with E-state index in [1.165, 1.54) is 30.5 Å². The van der Waals surface area contributed by atoms with E-state index >= 15 is 0 Å². The summed E-state index contributed by atoms with van der Waals surface area (Å²) < 4.78 is 33.4. The van der Waals surface area contributed by atoms with Crippen molar-refractivity contribution in [1.29, 1.82) is 0 Å². The van der Waals surface area contributed by atoms with Gasteiger partial charge in [-0.15, -0.1) is 0 Å². The fourth-order valence-electron chi connectivity index (χ4n) is 3.71. The molecule has 1 fully saturated rings. The number of nitrogens with zero attached hydrogens (tertiary/aromatic N) is 2. The van der Waals surface area contributed by atoms with Crippen LogP contribution in [0.25, 0.3) is 0 Å². The fourth-order valence-corrected chi connectivity index (χ4v) is 5.59. The van der Waals surface area contributed by atoms with Gasteiger partial charge in [-0.05, 0) is 71.9 Å². The van der Waals surface area contributed by atoms with E-state index < -0.39 is 39.7 Å². The van der Waals surface area contributed by atoms with E-state index in [1.807, 2.05) is 13.8 Å². The van der Waals surface area contributed by atoms with E-state index in [0.717, 1.165) is 0 Å². The van der Waals surface area contributed by atoms with Crippen molar-refractivity contribution in [2.75, 3.05) is 13.1 Å². The zero-order valence-corrected chi connectivity index (χ0v) is 21.3. The maximum absolute atomic E-state index is 13.8. The first-order valence-electron chi connectivity index (χ1n) is 10.9. The largest absolute Gasteiger partial charge is 0.444 e. The van der Waals surface area contributed by atoms with E-state index in [4.69, 9.17) is 4.42 Å². The molecule has 2 aromatic rings. The summed E-state index contributed by atoms with van der Waals surface area (Å²) in [5, 5.41) is 5.19. The molecule has 3 rings (SSSR count). The molecule has 1 saturated heterocycles. The van der Waals surface area contributed by atoms with E-state index in [1.54, 1.807) is 6.07 Å². The number of nitrogens with one attached hydrogen (secondary N) is 2. The van der Waals surface area contributed by atoms with Crippen LogP contribution in [0.2, 0.25) is 0 Å². The normalized spacial score (nSPS) is 17.8. The smallest absolute Gasteiger partial charge is 0.287 e. The number of Topliss-reactive ketones (excluding diaryl/α,β-unsaturated/α-hetero) is 1. The molecule has 1 aliphatic rings. The Kier molecular flexibility index (Phi) is 8.61. The molecule has 0 aromatic carbocycles. The van der Waals surface area contributed by atoms with Crippen molar-refractivity contribution in [3.05, 3.63) is 47.0 Å². The third-order valence-corrected chi connectivity index (χ3v) is 7.42. The summed E-state index contributed by atoms with van der Waals surface area (Å²) in [7, 11) is -4.48. The Labute approximate surface area is 206 Å². The average Bonchev–Trinajstić information content (AvgIpc) is 3.13. The standard InChI is InChI=1S/C22H27BrN4O6S/c1-14(2)12-15(26-21(29)18-8-9-19(23)33-18)22(30)27(16-6-5-10-24-13-17(16)28)34(31,32)20-7-3-4-11-25-20/h3-4,7-9,11,14-16,24H,5-6,10,12-13H2,1-2H3,(H,26,29)/t15?,16-/m0/s1.